The molecule has 0 saturated heterocycles. The van der Waals surface area contributed by atoms with E-state index in [4.69, 9.17) is 17.3 Å². The van der Waals surface area contributed by atoms with Crippen LogP contribution in [0.5, 0.6) is 5.75 Å². The molecule has 0 aliphatic rings. The van der Waals surface area contributed by atoms with Crippen LogP contribution in [0.15, 0.2) is 30.3 Å². The lowest BCUT2D eigenvalue weighted by molar-refractivity contribution is 0.458. The molecule has 0 fully saturated rings. The number of phenols is 1. The first kappa shape index (κ1) is 23.6. The largest absolute Gasteiger partial charge is 0.505 e. The fraction of sp³-hybridized carbons (Fsp3) is 0.520. The second-order valence-electron chi connectivity index (χ2n) is 8.38. The molecule has 0 radical (unpaired) electrons. The molecule has 0 atom stereocenters. The number of aryl methyl sites for hydroxylation is 1. The molecule has 0 aliphatic carbocycles. The van der Waals surface area contributed by atoms with Gasteiger partial charge in [-0.25, -0.2) is 0 Å². The molecule has 5 nitrogen and oxygen atoms in total. The molecule has 0 amide bonds. The molecule has 0 aliphatic heterocycles. The predicted octanol–water partition coefficient (Wildman–Crippen LogP) is 6.70. The van der Waals surface area contributed by atoms with Crippen LogP contribution in [-0.2, 0) is 13.0 Å². The maximum absolute atomic E-state index is 10.9. The smallest absolute Gasteiger partial charge is 0.146 e. The van der Waals surface area contributed by atoms with E-state index in [-0.39, 0.29) is 5.75 Å². The summed E-state index contributed by atoms with van der Waals surface area (Å²) >= 11 is 6.07. The lowest BCUT2D eigenvalue weighted by Crippen LogP contribution is -2.05. The molecule has 168 valence electrons. The number of phenolic OH excluding ortho intramolecular Hbond substituents is 1. The van der Waals surface area contributed by atoms with E-state index in [9.17, 15) is 5.11 Å². The van der Waals surface area contributed by atoms with Gasteiger partial charge in [0.2, 0.25) is 0 Å². The second-order valence-corrected chi connectivity index (χ2v) is 8.82. The Morgan fingerprint density at radius 2 is 1.52 bits per heavy atom. The molecule has 1 aromatic heterocycles. The molecule has 0 saturated carbocycles. The highest BCUT2D eigenvalue weighted by Gasteiger charge is 2.14. The van der Waals surface area contributed by atoms with E-state index in [1.165, 1.54) is 62.6 Å². The molecule has 3 N–H and O–H groups in total. The number of hydrogen-bond acceptors (Lipinski definition) is 4. The molecular formula is C25H35ClN4O. The lowest BCUT2D eigenvalue weighted by atomic mass is 10.0. The average molecular weight is 443 g/mol. The van der Waals surface area contributed by atoms with Crippen molar-refractivity contribution in [3.63, 3.8) is 0 Å². The third-order valence-corrected chi connectivity index (χ3v) is 6.06. The van der Waals surface area contributed by atoms with Gasteiger partial charge in [-0.15, -0.1) is 15.0 Å². The molecule has 0 bridgehead atoms. The molecule has 3 rings (SSSR count). The number of benzene rings is 2. The standard InChI is InChI=1S/C25H35ClN4O/c1-2-3-4-5-6-7-8-9-10-11-12-20-15-19(18-27)16-24(25(20)31)30-28-22-14-13-21(26)17-23(22)29-30/h13-17,31H,2-12,18,27H2,1H3. The molecule has 6 heteroatoms. The van der Waals surface area contributed by atoms with E-state index < -0.39 is 0 Å². The Labute approximate surface area is 190 Å². The topological polar surface area (TPSA) is 77.0 Å². The summed E-state index contributed by atoms with van der Waals surface area (Å²) in [6.45, 7) is 2.67. The molecule has 0 unspecified atom stereocenters. The van der Waals surface area contributed by atoms with Crippen LogP contribution in [0.2, 0.25) is 5.02 Å². The number of aromatic nitrogens is 3. The molecule has 31 heavy (non-hydrogen) atoms. The van der Waals surface area contributed by atoms with Crippen molar-refractivity contribution in [2.75, 3.05) is 0 Å². The fourth-order valence-corrected chi connectivity index (χ4v) is 4.17. The Morgan fingerprint density at radius 3 is 2.19 bits per heavy atom. The van der Waals surface area contributed by atoms with Crippen molar-refractivity contribution in [2.45, 2.75) is 84.1 Å². The molecule has 2 aromatic carbocycles. The Balaban J connectivity index is 1.58. The first-order valence-corrected chi connectivity index (χ1v) is 12.1. The number of aromatic hydroxyl groups is 1. The van der Waals surface area contributed by atoms with Crippen LogP contribution in [0.1, 0.15) is 82.3 Å². The second kappa shape index (κ2) is 12.1. The number of hydrogen-bond donors (Lipinski definition) is 2. The van der Waals surface area contributed by atoms with Gasteiger partial charge in [-0.05, 0) is 48.2 Å². The Hall–Kier alpha value is -2.11. The van der Waals surface area contributed by atoms with Gasteiger partial charge in [0.05, 0.1) is 0 Å². The van der Waals surface area contributed by atoms with Gasteiger partial charge in [-0.3, -0.25) is 0 Å². The van der Waals surface area contributed by atoms with Gasteiger partial charge >= 0.3 is 0 Å². The monoisotopic (exact) mass is 442 g/mol. The van der Waals surface area contributed by atoms with E-state index in [0.717, 1.165) is 29.5 Å². The number of unbranched alkanes of at least 4 members (excludes halogenated alkanes) is 9. The van der Waals surface area contributed by atoms with Gasteiger partial charge in [0.1, 0.15) is 22.5 Å². The van der Waals surface area contributed by atoms with Crippen molar-refractivity contribution >= 4 is 22.6 Å². The summed E-state index contributed by atoms with van der Waals surface area (Å²) in [5.41, 5.74) is 9.79. The van der Waals surface area contributed by atoms with Gasteiger partial charge in [-0.1, -0.05) is 82.4 Å². The predicted molar refractivity (Wildman–Crippen MR) is 129 cm³/mol. The summed E-state index contributed by atoms with van der Waals surface area (Å²) in [5.74, 6) is 0.236. The molecular weight excluding hydrogens is 408 g/mol. The summed E-state index contributed by atoms with van der Waals surface area (Å²) in [7, 11) is 0. The van der Waals surface area contributed by atoms with Gasteiger partial charge in [0.15, 0.2) is 0 Å². The van der Waals surface area contributed by atoms with E-state index >= 15 is 0 Å². The van der Waals surface area contributed by atoms with Crippen LogP contribution in [0, 0.1) is 0 Å². The summed E-state index contributed by atoms with van der Waals surface area (Å²) in [4.78, 5) is 1.48. The van der Waals surface area contributed by atoms with Crippen molar-refractivity contribution in [1.82, 2.24) is 15.0 Å². The number of rotatable bonds is 13. The number of fused-ring (bicyclic) bond motifs is 1. The molecule has 1 heterocycles. The van der Waals surface area contributed by atoms with Gasteiger partial charge < -0.3 is 10.8 Å². The SMILES string of the molecule is CCCCCCCCCCCCc1cc(CN)cc(-n2nc3ccc(Cl)cc3n2)c1O. The fourth-order valence-electron chi connectivity index (χ4n) is 4.00. The quantitative estimate of drug-likeness (QED) is 0.288. The number of halogens is 1. The highest BCUT2D eigenvalue weighted by Crippen LogP contribution is 2.30. The third kappa shape index (κ3) is 6.68. The summed E-state index contributed by atoms with van der Waals surface area (Å²) < 4.78 is 0. The van der Waals surface area contributed by atoms with Crippen molar-refractivity contribution in [2.24, 2.45) is 5.73 Å². The molecule has 0 spiro atoms. The van der Waals surface area contributed by atoms with Crippen molar-refractivity contribution in [3.05, 3.63) is 46.5 Å². The van der Waals surface area contributed by atoms with E-state index in [1.807, 2.05) is 18.2 Å². The minimum Gasteiger partial charge on any atom is -0.505 e. The zero-order chi connectivity index (χ0) is 22.1. The Kier molecular flexibility index (Phi) is 9.16. The van der Waals surface area contributed by atoms with Crippen molar-refractivity contribution in [3.8, 4) is 11.4 Å². The summed E-state index contributed by atoms with van der Waals surface area (Å²) in [5, 5.41) is 20.5. The van der Waals surface area contributed by atoms with Gasteiger partial charge in [0, 0.05) is 11.6 Å². The van der Waals surface area contributed by atoms with Crippen molar-refractivity contribution in [1.29, 1.82) is 0 Å². The van der Waals surface area contributed by atoms with E-state index in [0.29, 0.717) is 22.8 Å². The van der Waals surface area contributed by atoms with Crippen LogP contribution >= 0.6 is 11.6 Å². The highest BCUT2D eigenvalue weighted by atomic mass is 35.5. The summed E-state index contributed by atoms with van der Waals surface area (Å²) in [6.07, 6.45) is 13.7. The minimum absolute atomic E-state index is 0.236. The first-order valence-electron chi connectivity index (χ1n) is 11.7. The zero-order valence-electron chi connectivity index (χ0n) is 18.6. The highest BCUT2D eigenvalue weighted by molar-refractivity contribution is 6.31. The van der Waals surface area contributed by atoms with Gasteiger partial charge in [0.25, 0.3) is 0 Å². The first-order chi connectivity index (χ1) is 15.1. The van der Waals surface area contributed by atoms with E-state index in [1.54, 1.807) is 12.1 Å². The minimum atomic E-state index is 0.236. The number of nitrogens with zero attached hydrogens (tertiary/aromatic N) is 3. The van der Waals surface area contributed by atoms with Crippen LogP contribution < -0.4 is 5.73 Å². The number of nitrogens with two attached hydrogens (primary N) is 1. The summed E-state index contributed by atoms with van der Waals surface area (Å²) in [6, 6.07) is 9.25. The van der Waals surface area contributed by atoms with Crippen LogP contribution in [0.4, 0.5) is 0 Å². The Bertz CT molecular complexity index is 970. The maximum Gasteiger partial charge on any atom is 0.146 e. The lowest BCUT2D eigenvalue weighted by Gasteiger charge is -2.12. The van der Waals surface area contributed by atoms with Crippen LogP contribution in [0.3, 0.4) is 0 Å². The normalized spacial score (nSPS) is 11.5. The zero-order valence-corrected chi connectivity index (χ0v) is 19.4. The van der Waals surface area contributed by atoms with Crippen molar-refractivity contribution < 1.29 is 5.11 Å². The Morgan fingerprint density at radius 1 is 0.871 bits per heavy atom. The van der Waals surface area contributed by atoms with Crippen LogP contribution in [-0.4, -0.2) is 20.1 Å². The average Bonchev–Trinajstić information content (AvgIpc) is 3.19. The van der Waals surface area contributed by atoms with Gasteiger partial charge in [-0.2, -0.15) is 0 Å². The van der Waals surface area contributed by atoms with Crippen LogP contribution in [0.25, 0.3) is 16.7 Å². The molecule has 3 aromatic rings. The maximum atomic E-state index is 10.9. The third-order valence-electron chi connectivity index (χ3n) is 5.82. The van der Waals surface area contributed by atoms with E-state index in [2.05, 4.69) is 17.1 Å².